The third kappa shape index (κ3) is 8.88. The van der Waals surface area contributed by atoms with Gasteiger partial charge in [0.05, 0.1) is 6.10 Å². The molecule has 6 heavy (non-hydrogen) atoms. The second-order valence-electron chi connectivity index (χ2n) is 1.08. The Morgan fingerprint density at radius 3 is 2.00 bits per heavy atom. The van der Waals surface area contributed by atoms with Crippen molar-refractivity contribution in [2.45, 2.75) is 13.0 Å². The van der Waals surface area contributed by atoms with Gasteiger partial charge in [0.1, 0.15) is 0 Å². The Morgan fingerprint density at radius 2 is 2.00 bits per heavy atom. The van der Waals surface area contributed by atoms with Crippen molar-refractivity contribution in [1.82, 2.24) is 0 Å². The maximum Gasteiger partial charge on any atom is 0.0634 e. The number of hydrogen-bond donors (Lipinski definition) is 2. The fraction of sp³-hybridized carbons (Fsp3) is 1.00. The minimum Gasteiger partial charge on any atom is -0.392 e. The summed E-state index contributed by atoms with van der Waals surface area (Å²) in [6, 6.07) is 0. The average Bonchev–Trinajstić information content (AvgIpc) is 1.38. The van der Waals surface area contributed by atoms with Gasteiger partial charge in [0, 0.05) is 6.54 Å². The summed E-state index contributed by atoms with van der Waals surface area (Å²) in [4.78, 5) is 0. The van der Waals surface area contributed by atoms with Gasteiger partial charge in [-0.15, -0.1) is 12.4 Å². The summed E-state index contributed by atoms with van der Waals surface area (Å²) in [5, 5.41) is 8.24. The third-order valence-corrected chi connectivity index (χ3v) is 0.341. The quantitative estimate of drug-likeness (QED) is 0.460. The van der Waals surface area contributed by atoms with Gasteiger partial charge < -0.3 is 10.8 Å². The van der Waals surface area contributed by atoms with Crippen LogP contribution in [0.1, 0.15) is 6.92 Å². The highest BCUT2D eigenvalue weighted by atomic mass is 35.5. The lowest BCUT2D eigenvalue weighted by Gasteiger charge is -1.91. The summed E-state index contributed by atoms with van der Waals surface area (Å²) in [5.74, 6) is 0. The van der Waals surface area contributed by atoms with Gasteiger partial charge in [-0.05, 0) is 6.92 Å². The summed E-state index contributed by atoms with van der Waals surface area (Å²) >= 11 is 0. The molecule has 0 saturated carbocycles. The van der Waals surface area contributed by atoms with Crippen molar-refractivity contribution >= 4 is 12.4 Å². The Bertz CT molecular complexity index is 24.8. The zero-order chi connectivity index (χ0) is 4.28. The molecule has 0 aromatic carbocycles. The summed E-state index contributed by atoms with van der Waals surface area (Å²) in [5.41, 5.74) is 4.92. The predicted octanol–water partition coefficient (Wildman–Crippen LogP) is -0.252. The lowest BCUT2D eigenvalue weighted by atomic mass is 10.4. The predicted molar refractivity (Wildman–Crippen MR) is 28.0 cm³/mol. The maximum atomic E-state index is 8.24. The third-order valence-electron chi connectivity index (χ3n) is 0.341. The van der Waals surface area contributed by atoms with Gasteiger partial charge in [-0.2, -0.15) is 0 Å². The van der Waals surface area contributed by atoms with Crippen molar-refractivity contribution in [3.63, 3.8) is 0 Å². The van der Waals surface area contributed by atoms with Crippen LogP contribution in [0.4, 0.5) is 0 Å². The molecule has 3 heteroatoms. The van der Waals surface area contributed by atoms with E-state index in [0.29, 0.717) is 6.54 Å². The number of aliphatic hydroxyl groups excluding tert-OH is 1. The molecule has 0 aliphatic heterocycles. The molecule has 1 unspecified atom stereocenters. The summed E-state index contributed by atoms with van der Waals surface area (Å²) < 4.78 is 0. The largest absolute Gasteiger partial charge is 0.392 e. The molecule has 40 valence electrons. The smallest absolute Gasteiger partial charge is 0.0634 e. The number of hydrogen-bond acceptors (Lipinski definition) is 2. The number of rotatable bonds is 1. The summed E-state index contributed by atoms with van der Waals surface area (Å²) in [6.07, 6.45) is -0.338. The lowest BCUT2D eigenvalue weighted by molar-refractivity contribution is 0.203. The highest BCUT2D eigenvalue weighted by molar-refractivity contribution is 5.85. The SMILES string of the molecule is CC(O)C[15NH2].Cl. The van der Waals surface area contributed by atoms with E-state index in [1.807, 2.05) is 0 Å². The molecular formula is C3H10ClNO. The highest BCUT2D eigenvalue weighted by Crippen LogP contribution is 1.65. The van der Waals surface area contributed by atoms with Crippen molar-refractivity contribution in [3.8, 4) is 0 Å². The van der Waals surface area contributed by atoms with Gasteiger partial charge in [0.2, 0.25) is 0 Å². The van der Waals surface area contributed by atoms with E-state index in [0.717, 1.165) is 0 Å². The minimum atomic E-state index is -0.338. The average molecular weight is 113 g/mol. The zero-order valence-electron chi connectivity index (χ0n) is 3.72. The van der Waals surface area contributed by atoms with Crippen LogP contribution >= 0.6 is 12.4 Å². The lowest BCUT2D eigenvalue weighted by Crippen LogP contribution is -2.14. The van der Waals surface area contributed by atoms with Crippen LogP contribution in [-0.2, 0) is 0 Å². The Hall–Kier alpha value is 0.210. The molecule has 1 atom stereocenters. The first kappa shape index (κ1) is 9.51. The Balaban J connectivity index is 0. The van der Waals surface area contributed by atoms with Crippen molar-refractivity contribution in [2.75, 3.05) is 6.54 Å². The van der Waals surface area contributed by atoms with Crippen molar-refractivity contribution in [1.29, 1.82) is 0 Å². The molecule has 0 bridgehead atoms. The van der Waals surface area contributed by atoms with Crippen molar-refractivity contribution in [2.24, 2.45) is 5.73 Å². The van der Waals surface area contributed by atoms with E-state index in [1.165, 1.54) is 0 Å². The molecule has 0 aromatic heterocycles. The number of aliphatic hydroxyl groups is 1. The summed E-state index contributed by atoms with van der Waals surface area (Å²) in [6.45, 7) is 2.01. The van der Waals surface area contributed by atoms with Gasteiger partial charge in [0.15, 0.2) is 0 Å². The van der Waals surface area contributed by atoms with E-state index in [-0.39, 0.29) is 18.5 Å². The van der Waals surface area contributed by atoms with E-state index in [2.05, 4.69) is 0 Å². The van der Waals surface area contributed by atoms with Crippen LogP contribution in [0.5, 0.6) is 0 Å². The van der Waals surface area contributed by atoms with Gasteiger partial charge in [-0.3, -0.25) is 0 Å². The van der Waals surface area contributed by atoms with E-state index < -0.39 is 0 Å². The monoisotopic (exact) mass is 112 g/mol. The van der Waals surface area contributed by atoms with Crippen LogP contribution in [0.25, 0.3) is 0 Å². The molecule has 0 radical (unpaired) electrons. The topological polar surface area (TPSA) is 46.2 Å². The zero-order valence-corrected chi connectivity index (χ0v) is 4.53. The van der Waals surface area contributed by atoms with Crippen molar-refractivity contribution < 1.29 is 5.11 Å². The number of halogens is 1. The number of nitrogens with two attached hydrogens (primary N) is 1. The second kappa shape index (κ2) is 5.21. The van der Waals surface area contributed by atoms with Gasteiger partial charge >= 0.3 is 0 Å². The van der Waals surface area contributed by atoms with Crippen molar-refractivity contribution in [3.05, 3.63) is 0 Å². The second-order valence-corrected chi connectivity index (χ2v) is 1.08. The van der Waals surface area contributed by atoms with Crippen LogP contribution in [0, 0.1) is 0 Å². The van der Waals surface area contributed by atoms with E-state index in [4.69, 9.17) is 10.8 Å². The van der Waals surface area contributed by atoms with Gasteiger partial charge in [-0.25, -0.2) is 0 Å². The molecule has 0 heterocycles. The fourth-order valence-electron chi connectivity index (χ4n) is 0. The Labute approximate surface area is 43.8 Å². The van der Waals surface area contributed by atoms with E-state index in [9.17, 15) is 0 Å². The molecule has 0 aromatic rings. The van der Waals surface area contributed by atoms with Crippen LogP contribution in [-0.4, -0.2) is 17.8 Å². The molecule has 0 aliphatic carbocycles. The van der Waals surface area contributed by atoms with Crippen LogP contribution < -0.4 is 5.73 Å². The first-order valence-corrected chi connectivity index (χ1v) is 1.65. The van der Waals surface area contributed by atoms with Crippen LogP contribution in [0.3, 0.4) is 0 Å². The van der Waals surface area contributed by atoms with E-state index in [1.54, 1.807) is 6.92 Å². The normalized spacial score (nSPS) is 12.5. The van der Waals surface area contributed by atoms with Gasteiger partial charge in [0.25, 0.3) is 0 Å². The molecule has 0 aliphatic rings. The molecular weight excluding hydrogens is 102 g/mol. The molecule has 2 nitrogen and oxygen atoms in total. The first-order valence-electron chi connectivity index (χ1n) is 1.65. The molecule has 0 fully saturated rings. The van der Waals surface area contributed by atoms with Crippen LogP contribution in [0.2, 0.25) is 0 Å². The fourth-order valence-corrected chi connectivity index (χ4v) is 0. The standard InChI is InChI=1S/C3H9NO.ClH/c1-3(5)2-4;/h3,5H,2,4H2,1H3;1H/i4+1;. The highest BCUT2D eigenvalue weighted by Gasteiger charge is 1.81. The minimum absolute atomic E-state index is 0. The summed E-state index contributed by atoms with van der Waals surface area (Å²) in [7, 11) is 0. The Morgan fingerprint density at radius 1 is 1.83 bits per heavy atom. The van der Waals surface area contributed by atoms with Crippen LogP contribution in [0.15, 0.2) is 0 Å². The van der Waals surface area contributed by atoms with Gasteiger partial charge in [-0.1, -0.05) is 0 Å². The van der Waals surface area contributed by atoms with E-state index >= 15 is 0 Å². The first-order chi connectivity index (χ1) is 2.27. The molecule has 0 saturated heterocycles. The molecule has 3 N–H and O–H groups in total. The molecule has 0 amide bonds. The molecule has 0 rings (SSSR count). The maximum absolute atomic E-state index is 8.24. The Kier molecular flexibility index (Phi) is 8.26. The molecule has 0 spiro atoms.